The van der Waals surface area contributed by atoms with Crippen molar-refractivity contribution in [1.82, 2.24) is 5.32 Å². The molecule has 17 heavy (non-hydrogen) atoms. The molecule has 0 fully saturated rings. The average molecular weight is 234 g/mol. The SMILES string of the molecule is CC(=O)CCNC(=O)Nc1cc(C)ccc1C. The Hall–Kier alpha value is -1.84. The lowest BCUT2D eigenvalue weighted by Crippen LogP contribution is -2.30. The highest BCUT2D eigenvalue weighted by Gasteiger charge is 2.04. The van der Waals surface area contributed by atoms with Crippen LogP contribution < -0.4 is 10.6 Å². The third-order valence-corrected chi connectivity index (χ3v) is 2.40. The lowest BCUT2D eigenvalue weighted by Gasteiger charge is -2.10. The van der Waals surface area contributed by atoms with E-state index in [4.69, 9.17) is 0 Å². The zero-order chi connectivity index (χ0) is 12.8. The number of urea groups is 1. The first-order valence-corrected chi connectivity index (χ1v) is 5.60. The summed E-state index contributed by atoms with van der Waals surface area (Å²) in [6.07, 6.45) is 0.361. The summed E-state index contributed by atoms with van der Waals surface area (Å²) in [5.74, 6) is 0.0667. The third kappa shape index (κ3) is 4.68. The van der Waals surface area contributed by atoms with Crippen molar-refractivity contribution in [3.05, 3.63) is 29.3 Å². The fourth-order valence-corrected chi connectivity index (χ4v) is 1.39. The first-order valence-electron chi connectivity index (χ1n) is 5.60. The molecule has 0 spiro atoms. The molecule has 0 saturated heterocycles. The first-order chi connectivity index (χ1) is 7.99. The maximum atomic E-state index is 11.5. The number of Topliss-reactive ketones (excluding diaryl/α,β-unsaturated/α-hetero) is 1. The minimum Gasteiger partial charge on any atom is -0.337 e. The summed E-state index contributed by atoms with van der Waals surface area (Å²) in [5.41, 5.74) is 2.90. The molecule has 4 nitrogen and oxygen atoms in total. The Labute approximate surface area is 101 Å². The monoisotopic (exact) mass is 234 g/mol. The number of amides is 2. The summed E-state index contributed by atoms with van der Waals surface area (Å²) in [6.45, 7) is 5.78. The van der Waals surface area contributed by atoms with Crippen LogP contribution in [0.4, 0.5) is 10.5 Å². The van der Waals surface area contributed by atoms with Gasteiger partial charge < -0.3 is 10.6 Å². The van der Waals surface area contributed by atoms with Crippen LogP contribution >= 0.6 is 0 Å². The predicted octanol–water partition coefficient (Wildman–Crippen LogP) is 2.40. The molecule has 0 aliphatic heterocycles. The summed E-state index contributed by atoms with van der Waals surface area (Å²) in [5, 5.41) is 5.40. The molecule has 1 aromatic rings. The van der Waals surface area contributed by atoms with E-state index in [-0.39, 0.29) is 11.8 Å². The molecule has 0 unspecified atom stereocenters. The van der Waals surface area contributed by atoms with E-state index in [9.17, 15) is 9.59 Å². The van der Waals surface area contributed by atoms with Gasteiger partial charge in [-0.3, -0.25) is 4.79 Å². The maximum absolute atomic E-state index is 11.5. The van der Waals surface area contributed by atoms with E-state index in [1.807, 2.05) is 32.0 Å². The normalized spacial score (nSPS) is 9.82. The summed E-state index contributed by atoms with van der Waals surface area (Å²) in [6, 6.07) is 5.59. The number of rotatable bonds is 4. The van der Waals surface area contributed by atoms with Gasteiger partial charge in [0.1, 0.15) is 5.78 Å². The first kappa shape index (κ1) is 13.2. The minimum atomic E-state index is -0.278. The number of carbonyl (C=O) groups is 2. The molecule has 0 heterocycles. The van der Waals surface area contributed by atoms with E-state index in [0.29, 0.717) is 13.0 Å². The van der Waals surface area contributed by atoms with Crippen molar-refractivity contribution in [3.8, 4) is 0 Å². The summed E-state index contributed by atoms with van der Waals surface area (Å²) >= 11 is 0. The molecular formula is C13H18N2O2. The molecule has 0 aliphatic carbocycles. The van der Waals surface area contributed by atoms with Gasteiger partial charge in [-0.05, 0) is 38.0 Å². The second-order valence-corrected chi connectivity index (χ2v) is 4.15. The van der Waals surface area contributed by atoms with Gasteiger partial charge in [0.15, 0.2) is 0 Å². The molecular weight excluding hydrogens is 216 g/mol. The number of hydrogen-bond donors (Lipinski definition) is 2. The Bertz CT molecular complexity index is 427. The molecule has 0 atom stereocenters. The van der Waals surface area contributed by atoms with Gasteiger partial charge in [0.25, 0.3) is 0 Å². The number of ketones is 1. The molecule has 0 saturated carbocycles. The van der Waals surface area contributed by atoms with Crippen LogP contribution in [0.3, 0.4) is 0 Å². The second kappa shape index (κ2) is 6.03. The lowest BCUT2D eigenvalue weighted by molar-refractivity contribution is -0.116. The van der Waals surface area contributed by atoms with Crippen molar-refractivity contribution in [2.24, 2.45) is 0 Å². The van der Waals surface area contributed by atoms with Crippen LogP contribution in [0.2, 0.25) is 0 Å². The van der Waals surface area contributed by atoms with Gasteiger partial charge in [0.05, 0.1) is 0 Å². The van der Waals surface area contributed by atoms with E-state index in [2.05, 4.69) is 10.6 Å². The zero-order valence-corrected chi connectivity index (χ0v) is 10.5. The smallest absolute Gasteiger partial charge is 0.319 e. The highest BCUT2D eigenvalue weighted by molar-refractivity contribution is 5.90. The number of anilines is 1. The molecule has 1 aromatic carbocycles. The standard InChI is InChI=1S/C13H18N2O2/c1-9-4-5-10(2)12(8-9)15-13(17)14-7-6-11(3)16/h4-5,8H,6-7H2,1-3H3,(H2,14,15,17). The van der Waals surface area contributed by atoms with Gasteiger partial charge >= 0.3 is 6.03 Å². The topological polar surface area (TPSA) is 58.2 Å². The molecule has 0 aromatic heterocycles. The summed E-state index contributed by atoms with van der Waals surface area (Å²) in [7, 11) is 0. The lowest BCUT2D eigenvalue weighted by atomic mass is 10.1. The fraction of sp³-hybridized carbons (Fsp3) is 0.385. The van der Waals surface area contributed by atoms with Crippen LogP contribution in [0.15, 0.2) is 18.2 Å². The Morgan fingerprint density at radius 2 is 1.94 bits per heavy atom. The van der Waals surface area contributed by atoms with Crippen LogP contribution in [0.1, 0.15) is 24.5 Å². The largest absolute Gasteiger partial charge is 0.337 e. The number of nitrogens with one attached hydrogen (secondary N) is 2. The van der Waals surface area contributed by atoms with Crippen molar-refractivity contribution >= 4 is 17.5 Å². The molecule has 92 valence electrons. The Kier molecular flexibility index (Phi) is 4.69. The van der Waals surface area contributed by atoms with E-state index in [1.165, 1.54) is 6.92 Å². The van der Waals surface area contributed by atoms with E-state index in [0.717, 1.165) is 16.8 Å². The van der Waals surface area contributed by atoms with Crippen molar-refractivity contribution < 1.29 is 9.59 Å². The summed E-state index contributed by atoms with van der Waals surface area (Å²) < 4.78 is 0. The molecule has 1 rings (SSSR count). The van der Waals surface area contributed by atoms with Crippen molar-refractivity contribution in [2.45, 2.75) is 27.2 Å². The van der Waals surface area contributed by atoms with E-state index >= 15 is 0 Å². The van der Waals surface area contributed by atoms with Gasteiger partial charge in [-0.1, -0.05) is 12.1 Å². The second-order valence-electron chi connectivity index (χ2n) is 4.15. The molecule has 0 radical (unpaired) electrons. The highest BCUT2D eigenvalue weighted by atomic mass is 16.2. The van der Waals surface area contributed by atoms with Gasteiger partial charge in [-0.2, -0.15) is 0 Å². The maximum Gasteiger partial charge on any atom is 0.319 e. The number of hydrogen-bond acceptors (Lipinski definition) is 2. The Morgan fingerprint density at radius 3 is 2.59 bits per heavy atom. The third-order valence-electron chi connectivity index (χ3n) is 2.40. The highest BCUT2D eigenvalue weighted by Crippen LogP contribution is 2.15. The fourth-order valence-electron chi connectivity index (χ4n) is 1.39. The minimum absolute atomic E-state index is 0.0667. The summed E-state index contributed by atoms with van der Waals surface area (Å²) in [4.78, 5) is 22.2. The molecule has 0 aliphatic rings. The molecule has 0 bridgehead atoms. The van der Waals surface area contributed by atoms with Gasteiger partial charge in [-0.25, -0.2) is 4.79 Å². The van der Waals surface area contributed by atoms with Crippen molar-refractivity contribution in [1.29, 1.82) is 0 Å². The van der Waals surface area contributed by atoms with Crippen molar-refractivity contribution in [2.75, 3.05) is 11.9 Å². The average Bonchev–Trinajstić information content (AvgIpc) is 2.23. The molecule has 2 amide bonds. The van der Waals surface area contributed by atoms with E-state index in [1.54, 1.807) is 0 Å². The van der Waals surface area contributed by atoms with Crippen LogP contribution in [0.5, 0.6) is 0 Å². The van der Waals surface area contributed by atoms with Gasteiger partial charge in [-0.15, -0.1) is 0 Å². The number of carbonyl (C=O) groups excluding carboxylic acids is 2. The van der Waals surface area contributed by atoms with Crippen LogP contribution in [0.25, 0.3) is 0 Å². The number of benzene rings is 1. The quantitative estimate of drug-likeness (QED) is 0.840. The Balaban J connectivity index is 2.50. The van der Waals surface area contributed by atoms with Crippen LogP contribution in [0, 0.1) is 13.8 Å². The zero-order valence-electron chi connectivity index (χ0n) is 10.5. The molecule has 4 heteroatoms. The number of aryl methyl sites for hydroxylation is 2. The predicted molar refractivity (Wildman–Crippen MR) is 68.2 cm³/mol. The molecule has 2 N–H and O–H groups in total. The van der Waals surface area contributed by atoms with E-state index < -0.39 is 0 Å². The van der Waals surface area contributed by atoms with Gasteiger partial charge in [0, 0.05) is 18.7 Å². The Morgan fingerprint density at radius 1 is 1.24 bits per heavy atom. The van der Waals surface area contributed by atoms with Crippen molar-refractivity contribution in [3.63, 3.8) is 0 Å². The van der Waals surface area contributed by atoms with Crippen LogP contribution in [-0.2, 0) is 4.79 Å². The van der Waals surface area contributed by atoms with Gasteiger partial charge in [0.2, 0.25) is 0 Å². The van der Waals surface area contributed by atoms with Crippen LogP contribution in [-0.4, -0.2) is 18.4 Å².